The summed E-state index contributed by atoms with van der Waals surface area (Å²) in [4.78, 5) is 0. The van der Waals surface area contributed by atoms with Crippen LogP contribution in [0.3, 0.4) is 0 Å². The molecule has 2 aliphatic rings. The molecule has 2 atom stereocenters. The first-order chi connectivity index (χ1) is 9.53. The topological polar surface area (TPSA) is 30.5 Å². The van der Waals surface area contributed by atoms with Gasteiger partial charge in [-0.3, -0.25) is 0 Å². The van der Waals surface area contributed by atoms with Crippen LogP contribution in [0.25, 0.3) is 0 Å². The molecule has 1 fully saturated rings. The molecule has 0 spiro atoms. The van der Waals surface area contributed by atoms with Crippen LogP contribution in [0, 0.1) is 0 Å². The highest BCUT2D eigenvalue weighted by molar-refractivity contribution is 9.10. The van der Waals surface area contributed by atoms with Crippen LogP contribution in [0.4, 0.5) is 0 Å². The maximum atomic E-state index is 5.80. The van der Waals surface area contributed by atoms with Crippen molar-refractivity contribution in [3.8, 4) is 5.75 Å². The van der Waals surface area contributed by atoms with E-state index < -0.39 is 0 Å². The van der Waals surface area contributed by atoms with Crippen molar-refractivity contribution in [1.82, 2.24) is 5.32 Å². The lowest BCUT2D eigenvalue weighted by molar-refractivity contribution is -0.0646. The lowest BCUT2D eigenvalue weighted by Gasteiger charge is -2.38. The summed E-state index contributed by atoms with van der Waals surface area (Å²) in [6.45, 7) is 5.99. The molecule has 3 rings (SSSR count). The second kappa shape index (κ2) is 5.66. The van der Waals surface area contributed by atoms with E-state index in [-0.39, 0.29) is 5.60 Å². The van der Waals surface area contributed by atoms with Crippen LogP contribution in [0.1, 0.15) is 44.7 Å². The molecule has 110 valence electrons. The van der Waals surface area contributed by atoms with E-state index >= 15 is 0 Å². The molecular weight excluding hydrogens is 318 g/mol. The van der Waals surface area contributed by atoms with Crippen molar-refractivity contribution in [2.24, 2.45) is 0 Å². The van der Waals surface area contributed by atoms with E-state index in [4.69, 9.17) is 9.47 Å². The quantitative estimate of drug-likeness (QED) is 0.888. The van der Waals surface area contributed by atoms with Gasteiger partial charge in [-0.15, -0.1) is 0 Å². The zero-order valence-electron chi connectivity index (χ0n) is 12.1. The monoisotopic (exact) mass is 339 g/mol. The molecule has 0 aromatic heterocycles. The summed E-state index contributed by atoms with van der Waals surface area (Å²) in [5.74, 6) is 1.02. The summed E-state index contributed by atoms with van der Waals surface area (Å²) in [5.41, 5.74) is 1.26. The molecule has 1 saturated heterocycles. The summed E-state index contributed by atoms with van der Waals surface area (Å²) in [6, 6.07) is 7.18. The molecule has 3 nitrogen and oxygen atoms in total. The van der Waals surface area contributed by atoms with Crippen LogP contribution in [0.5, 0.6) is 5.75 Å². The third-order valence-electron chi connectivity index (χ3n) is 4.15. The van der Waals surface area contributed by atoms with Crippen molar-refractivity contribution >= 4 is 15.9 Å². The number of hydrogen-bond donors (Lipinski definition) is 1. The predicted octanol–water partition coefficient (Wildman–Crippen LogP) is 3.82. The van der Waals surface area contributed by atoms with Crippen molar-refractivity contribution in [1.29, 1.82) is 0 Å². The van der Waals surface area contributed by atoms with Gasteiger partial charge in [0.05, 0.1) is 12.2 Å². The first-order valence-electron chi connectivity index (χ1n) is 7.36. The Balaban J connectivity index is 1.74. The Morgan fingerprint density at radius 3 is 2.90 bits per heavy atom. The van der Waals surface area contributed by atoms with Gasteiger partial charge in [0.15, 0.2) is 0 Å². The van der Waals surface area contributed by atoms with E-state index in [0.717, 1.165) is 42.7 Å². The molecule has 0 aliphatic carbocycles. The van der Waals surface area contributed by atoms with E-state index in [1.807, 2.05) is 6.07 Å². The number of rotatable bonds is 2. The van der Waals surface area contributed by atoms with Crippen LogP contribution in [0.2, 0.25) is 0 Å². The minimum Gasteiger partial charge on any atom is -0.493 e. The molecule has 1 aromatic rings. The highest BCUT2D eigenvalue weighted by Gasteiger charge is 2.31. The Kier molecular flexibility index (Phi) is 4.07. The van der Waals surface area contributed by atoms with Gasteiger partial charge in [-0.25, -0.2) is 0 Å². The number of ether oxygens (including phenoxy) is 2. The molecule has 0 bridgehead atoms. The highest BCUT2D eigenvalue weighted by atomic mass is 79.9. The molecular formula is C16H22BrNO2. The van der Waals surface area contributed by atoms with Gasteiger partial charge in [0, 0.05) is 35.1 Å². The molecule has 2 heterocycles. The number of nitrogens with one attached hydrogen (secondary N) is 1. The predicted molar refractivity (Wildman–Crippen MR) is 83.2 cm³/mol. The molecule has 20 heavy (non-hydrogen) atoms. The van der Waals surface area contributed by atoms with Gasteiger partial charge in [-0.2, -0.15) is 0 Å². The Labute approximate surface area is 129 Å². The second-order valence-corrected chi connectivity index (χ2v) is 7.25. The van der Waals surface area contributed by atoms with E-state index in [0.29, 0.717) is 12.1 Å². The molecule has 1 N–H and O–H groups in total. The standard InChI is InChI=1S/C16H22BrNO2/c1-16(2)10-12(5-8-20-16)18-14-6-7-19-15-4-3-11(17)9-13(14)15/h3-4,9,12,14,18H,5-8,10H2,1-2H3. The minimum absolute atomic E-state index is 0.0127. The van der Waals surface area contributed by atoms with Crippen LogP contribution in [-0.2, 0) is 4.74 Å². The fourth-order valence-electron chi connectivity index (χ4n) is 3.20. The fourth-order valence-corrected chi connectivity index (χ4v) is 3.58. The first kappa shape index (κ1) is 14.4. The van der Waals surface area contributed by atoms with Gasteiger partial charge in [-0.05, 0) is 44.9 Å². The van der Waals surface area contributed by atoms with Gasteiger partial charge in [-0.1, -0.05) is 15.9 Å². The Morgan fingerprint density at radius 2 is 2.10 bits per heavy atom. The third kappa shape index (κ3) is 3.18. The number of fused-ring (bicyclic) bond motifs is 1. The molecule has 0 radical (unpaired) electrons. The maximum Gasteiger partial charge on any atom is 0.124 e. The molecule has 2 aliphatic heterocycles. The summed E-state index contributed by atoms with van der Waals surface area (Å²) in [7, 11) is 0. The van der Waals surface area contributed by atoms with E-state index in [1.54, 1.807) is 0 Å². The first-order valence-corrected chi connectivity index (χ1v) is 8.15. The number of halogens is 1. The van der Waals surface area contributed by atoms with Crippen LogP contribution in [-0.4, -0.2) is 24.9 Å². The van der Waals surface area contributed by atoms with Crippen molar-refractivity contribution in [2.45, 2.75) is 50.8 Å². The highest BCUT2D eigenvalue weighted by Crippen LogP contribution is 2.35. The van der Waals surface area contributed by atoms with Crippen molar-refractivity contribution in [3.63, 3.8) is 0 Å². The van der Waals surface area contributed by atoms with Gasteiger partial charge >= 0.3 is 0 Å². The largest absolute Gasteiger partial charge is 0.493 e. The zero-order valence-corrected chi connectivity index (χ0v) is 13.7. The lowest BCUT2D eigenvalue weighted by Crippen LogP contribution is -2.45. The SMILES string of the molecule is CC1(C)CC(NC2CCOc3ccc(Br)cc32)CCO1. The Hall–Kier alpha value is -0.580. The molecule has 1 aromatic carbocycles. The molecule has 4 heteroatoms. The number of benzene rings is 1. The van der Waals surface area contributed by atoms with Crippen molar-refractivity contribution < 1.29 is 9.47 Å². The van der Waals surface area contributed by atoms with Gasteiger partial charge in [0.2, 0.25) is 0 Å². The number of hydrogen-bond acceptors (Lipinski definition) is 3. The minimum atomic E-state index is -0.0127. The average molecular weight is 340 g/mol. The third-order valence-corrected chi connectivity index (χ3v) is 4.64. The van der Waals surface area contributed by atoms with Crippen LogP contribution in [0.15, 0.2) is 22.7 Å². The van der Waals surface area contributed by atoms with Gasteiger partial charge in [0.25, 0.3) is 0 Å². The van der Waals surface area contributed by atoms with Gasteiger partial charge < -0.3 is 14.8 Å². The summed E-state index contributed by atoms with van der Waals surface area (Å²) >= 11 is 3.56. The van der Waals surface area contributed by atoms with E-state index in [9.17, 15) is 0 Å². The van der Waals surface area contributed by atoms with E-state index in [2.05, 4.69) is 47.2 Å². The smallest absolute Gasteiger partial charge is 0.124 e. The molecule has 0 saturated carbocycles. The molecule has 2 unspecified atom stereocenters. The average Bonchev–Trinajstić information content (AvgIpc) is 2.38. The second-order valence-electron chi connectivity index (χ2n) is 6.34. The zero-order chi connectivity index (χ0) is 14.2. The maximum absolute atomic E-state index is 5.80. The molecule has 0 amide bonds. The van der Waals surface area contributed by atoms with Crippen molar-refractivity contribution in [3.05, 3.63) is 28.2 Å². The Morgan fingerprint density at radius 1 is 1.25 bits per heavy atom. The van der Waals surface area contributed by atoms with Crippen LogP contribution < -0.4 is 10.1 Å². The summed E-state index contributed by atoms with van der Waals surface area (Å²) < 4.78 is 12.7. The summed E-state index contributed by atoms with van der Waals surface area (Å²) in [6.07, 6.45) is 3.18. The fraction of sp³-hybridized carbons (Fsp3) is 0.625. The normalized spacial score (nSPS) is 28.6. The van der Waals surface area contributed by atoms with Crippen LogP contribution >= 0.6 is 15.9 Å². The Bertz CT molecular complexity index is 489. The van der Waals surface area contributed by atoms with Crippen molar-refractivity contribution in [2.75, 3.05) is 13.2 Å². The summed E-state index contributed by atoms with van der Waals surface area (Å²) in [5, 5.41) is 3.82. The van der Waals surface area contributed by atoms with E-state index in [1.165, 1.54) is 5.56 Å². The lowest BCUT2D eigenvalue weighted by atomic mass is 9.91. The van der Waals surface area contributed by atoms with Gasteiger partial charge in [0.1, 0.15) is 5.75 Å².